The molecule has 20 heavy (non-hydrogen) atoms. The van der Waals surface area contributed by atoms with Crippen LogP contribution >= 0.6 is 0 Å². The first-order valence-corrected chi connectivity index (χ1v) is 7.65. The normalized spacial score (nSPS) is 23.2. The lowest BCUT2D eigenvalue weighted by molar-refractivity contribution is -0.137. The van der Waals surface area contributed by atoms with Crippen LogP contribution in [0, 0.1) is 11.8 Å². The number of nitrogens with one attached hydrogen (secondary N) is 1. The van der Waals surface area contributed by atoms with Gasteiger partial charge in [0.1, 0.15) is 6.54 Å². The molecule has 0 saturated heterocycles. The summed E-state index contributed by atoms with van der Waals surface area (Å²) < 4.78 is 0. The van der Waals surface area contributed by atoms with Crippen molar-refractivity contribution in [3.8, 4) is 0 Å². The standard InChI is InChI=1S/C15H28N2O3/c1-11(2)9-17(10-14(18)19)15(20)16-13-6-4-5-12(3)7-8-13/h11-13H,4-10H2,1-3H3,(H,16,20)(H,18,19). The van der Waals surface area contributed by atoms with Crippen molar-refractivity contribution in [2.24, 2.45) is 11.8 Å². The fraction of sp³-hybridized carbons (Fsp3) is 0.867. The number of carboxylic acids is 1. The van der Waals surface area contributed by atoms with Crippen molar-refractivity contribution >= 4 is 12.0 Å². The number of aliphatic carboxylic acids is 1. The van der Waals surface area contributed by atoms with Gasteiger partial charge in [-0.3, -0.25) is 4.79 Å². The van der Waals surface area contributed by atoms with E-state index >= 15 is 0 Å². The molecule has 0 aromatic rings. The molecule has 1 aliphatic carbocycles. The minimum Gasteiger partial charge on any atom is -0.480 e. The van der Waals surface area contributed by atoms with Gasteiger partial charge in [0.05, 0.1) is 0 Å². The maximum absolute atomic E-state index is 12.2. The van der Waals surface area contributed by atoms with Gasteiger partial charge in [-0.2, -0.15) is 0 Å². The molecule has 1 saturated carbocycles. The third kappa shape index (κ3) is 6.26. The summed E-state index contributed by atoms with van der Waals surface area (Å²) in [5.74, 6) is 0.0206. The number of rotatable bonds is 5. The van der Waals surface area contributed by atoms with E-state index in [1.165, 1.54) is 11.3 Å². The van der Waals surface area contributed by atoms with E-state index in [9.17, 15) is 9.59 Å². The Balaban J connectivity index is 2.53. The zero-order chi connectivity index (χ0) is 15.1. The second kappa shape index (κ2) is 8.12. The predicted octanol–water partition coefficient (Wildman–Crippen LogP) is 2.71. The molecule has 5 heteroatoms. The second-order valence-corrected chi connectivity index (χ2v) is 6.43. The van der Waals surface area contributed by atoms with Crippen molar-refractivity contribution < 1.29 is 14.7 Å². The van der Waals surface area contributed by atoms with Crippen molar-refractivity contribution in [2.45, 2.75) is 58.9 Å². The minimum atomic E-state index is -0.963. The van der Waals surface area contributed by atoms with Gasteiger partial charge in [-0.15, -0.1) is 0 Å². The second-order valence-electron chi connectivity index (χ2n) is 6.43. The molecule has 0 bridgehead atoms. The lowest BCUT2D eigenvalue weighted by Gasteiger charge is -2.26. The van der Waals surface area contributed by atoms with E-state index in [4.69, 9.17) is 5.11 Å². The SMILES string of the molecule is CC(C)CN(CC(=O)O)C(=O)NC1CCCC(C)CC1. The summed E-state index contributed by atoms with van der Waals surface area (Å²) in [7, 11) is 0. The molecule has 0 heterocycles. The topological polar surface area (TPSA) is 69.6 Å². The summed E-state index contributed by atoms with van der Waals surface area (Å²) in [6, 6.07) is -0.0449. The highest BCUT2D eigenvalue weighted by molar-refractivity contribution is 5.80. The maximum atomic E-state index is 12.2. The van der Waals surface area contributed by atoms with E-state index < -0.39 is 5.97 Å². The van der Waals surface area contributed by atoms with E-state index in [1.807, 2.05) is 13.8 Å². The van der Waals surface area contributed by atoms with Crippen LogP contribution in [0.3, 0.4) is 0 Å². The molecular formula is C15H28N2O3. The Morgan fingerprint density at radius 2 is 1.95 bits per heavy atom. The Morgan fingerprint density at radius 3 is 2.55 bits per heavy atom. The lowest BCUT2D eigenvalue weighted by Crippen LogP contribution is -2.47. The van der Waals surface area contributed by atoms with Gasteiger partial charge in [0.2, 0.25) is 0 Å². The van der Waals surface area contributed by atoms with Crippen molar-refractivity contribution in [1.29, 1.82) is 0 Å². The Bertz CT molecular complexity index is 331. The van der Waals surface area contributed by atoms with Crippen molar-refractivity contribution in [3.05, 3.63) is 0 Å². The van der Waals surface area contributed by atoms with E-state index in [-0.39, 0.29) is 24.5 Å². The molecule has 0 aromatic heterocycles. The zero-order valence-corrected chi connectivity index (χ0v) is 12.9. The van der Waals surface area contributed by atoms with E-state index in [2.05, 4.69) is 12.2 Å². The van der Waals surface area contributed by atoms with Crippen LogP contribution < -0.4 is 5.32 Å². The van der Waals surface area contributed by atoms with Crippen molar-refractivity contribution in [3.63, 3.8) is 0 Å². The average Bonchev–Trinajstić information content (AvgIpc) is 2.52. The van der Waals surface area contributed by atoms with E-state index in [1.54, 1.807) is 0 Å². The molecule has 0 spiro atoms. The molecule has 2 N–H and O–H groups in total. The molecule has 0 aliphatic heterocycles. The van der Waals surface area contributed by atoms with Crippen LogP contribution in [-0.2, 0) is 4.79 Å². The highest BCUT2D eigenvalue weighted by Crippen LogP contribution is 2.22. The molecule has 1 rings (SSSR count). The summed E-state index contributed by atoms with van der Waals surface area (Å²) in [6.45, 7) is 6.46. The number of hydrogen-bond donors (Lipinski definition) is 2. The van der Waals surface area contributed by atoms with Gasteiger partial charge >= 0.3 is 12.0 Å². The summed E-state index contributed by atoms with van der Waals surface area (Å²) in [4.78, 5) is 24.5. The molecule has 1 fully saturated rings. The number of carboxylic acid groups (broad SMARTS) is 1. The molecule has 2 atom stereocenters. The first kappa shape index (κ1) is 16.8. The predicted molar refractivity (Wildman–Crippen MR) is 78.6 cm³/mol. The number of hydrogen-bond acceptors (Lipinski definition) is 2. The fourth-order valence-electron chi connectivity index (χ4n) is 2.72. The smallest absolute Gasteiger partial charge is 0.323 e. The Kier molecular flexibility index (Phi) is 6.82. The van der Waals surface area contributed by atoms with Crippen LogP contribution in [0.4, 0.5) is 4.79 Å². The molecule has 0 aromatic carbocycles. The zero-order valence-electron chi connectivity index (χ0n) is 12.9. The number of urea groups is 1. The monoisotopic (exact) mass is 284 g/mol. The lowest BCUT2D eigenvalue weighted by atomic mass is 10.0. The molecule has 2 amide bonds. The van der Waals surface area contributed by atoms with Crippen LogP contribution in [0.25, 0.3) is 0 Å². The molecule has 1 aliphatic rings. The van der Waals surface area contributed by atoms with Crippen LogP contribution in [0.5, 0.6) is 0 Å². The summed E-state index contributed by atoms with van der Waals surface area (Å²) in [5.41, 5.74) is 0. The fourth-order valence-corrected chi connectivity index (χ4v) is 2.72. The number of carbonyl (C=O) groups excluding carboxylic acids is 1. The summed E-state index contributed by atoms with van der Waals surface area (Å²) >= 11 is 0. The molecule has 5 nitrogen and oxygen atoms in total. The number of carbonyl (C=O) groups is 2. The quantitative estimate of drug-likeness (QED) is 0.763. The summed E-state index contributed by atoms with van der Waals surface area (Å²) in [5, 5.41) is 11.9. The van der Waals surface area contributed by atoms with E-state index in [0.717, 1.165) is 31.6 Å². The molecule has 2 unspecified atom stereocenters. The third-order valence-corrected chi connectivity index (χ3v) is 3.78. The van der Waals surface area contributed by atoms with Crippen LogP contribution in [-0.4, -0.2) is 41.1 Å². The van der Waals surface area contributed by atoms with Crippen molar-refractivity contribution in [2.75, 3.05) is 13.1 Å². The molecule has 0 radical (unpaired) electrons. The van der Waals surface area contributed by atoms with Crippen LogP contribution in [0.1, 0.15) is 52.9 Å². The van der Waals surface area contributed by atoms with Crippen molar-refractivity contribution in [1.82, 2.24) is 10.2 Å². The third-order valence-electron chi connectivity index (χ3n) is 3.78. The van der Waals surface area contributed by atoms with Crippen LogP contribution in [0.2, 0.25) is 0 Å². The Hall–Kier alpha value is -1.26. The van der Waals surface area contributed by atoms with Crippen LogP contribution in [0.15, 0.2) is 0 Å². The maximum Gasteiger partial charge on any atom is 0.323 e. The Morgan fingerprint density at radius 1 is 1.25 bits per heavy atom. The number of nitrogens with zero attached hydrogens (tertiary/aromatic N) is 1. The van der Waals surface area contributed by atoms with Gasteiger partial charge in [0, 0.05) is 12.6 Å². The largest absolute Gasteiger partial charge is 0.480 e. The van der Waals surface area contributed by atoms with Gasteiger partial charge in [0.15, 0.2) is 0 Å². The number of amides is 2. The van der Waals surface area contributed by atoms with Gasteiger partial charge in [-0.25, -0.2) is 4.79 Å². The highest BCUT2D eigenvalue weighted by Gasteiger charge is 2.22. The Labute approximate surface area is 121 Å². The van der Waals surface area contributed by atoms with E-state index in [0.29, 0.717) is 6.54 Å². The first-order chi connectivity index (χ1) is 9.38. The summed E-state index contributed by atoms with van der Waals surface area (Å²) in [6.07, 6.45) is 5.48. The average molecular weight is 284 g/mol. The van der Waals surface area contributed by atoms with Gasteiger partial charge in [-0.1, -0.05) is 33.6 Å². The van der Waals surface area contributed by atoms with Gasteiger partial charge < -0.3 is 15.3 Å². The molecule has 116 valence electrons. The van der Waals surface area contributed by atoms with Gasteiger partial charge in [-0.05, 0) is 31.1 Å². The minimum absolute atomic E-state index is 0.191. The highest BCUT2D eigenvalue weighted by atomic mass is 16.4. The van der Waals surface area contributed by atoms with Gasteiger partial charge in [0.25, 0.3) is 0 Å². The first-order valence-electron chi connectivity index (χ1n) is 7.65. The molecular weight excluding hydrogens is 256 g/mol.